The average molecular weight is 405 g/mol. The molecule has 7 heteroatoms. The second-order valence-corrected chi connectivity index (χ2v) is 9.01. The lowest BCUT2D eigenvalue weighted by molar-refractivity contribution is -0.138. The molecule has 1 spiro atoms. The van der Waals surface area contributed by atoms with Crippen molar-refractivity contribution in [3.8, 4) is 0 Å². The number of alkyl halides is 3. The third kappa shape index (κ3) is 3.40. The minimum atomic E-state index is -4.38. The van der Waals surface area contributed by atoms with Crippen molar-refractivity contribution in [2.24, 2.45) is 10.6 Å². The molecule has 0 aliphatic heterocycles. The lowest BCUT2D eigenvalue weighted by Gasteiger charge is -2.14. The van der Waals surface area contributed by atoms with Crippen molar-refractivity contribution in [2.75, 3.05) is 0 Å². The first kappa shape index (κ1) is 19.0. The maximum Gasteiger partial charge on any atom is 0.416 e. The van der Waals surface area contributed by atoms with E-state index in [2.05, 4.69) is 12.2 Å². The minimum Gasteiger partial charge on any atom is -0.225 e. The molecule has 0 atom stereocenters. The second kappa shape index (κ2) is 6.06. The van der Waals surface area contributed by atoms with Crippen LogP contribution in [0.2, 0.25) is 0 Å². The summed E-state index contributed by atoms with van der Waals surface area (Å²) in [6.07, 6.45) is 1.84. The summed E-state index contributed by atoms with van der Waals surface area (Å²) in [5, 5.41) is 5.15. The molecular weight excluding hydrogens is 387 g/mol. The standard InChI is InChI=1S/C21H18F3NO2S/c1-13-10-15(4-7-19(13)21(22,23)24)18-12-20(8-9-20)11-17(18)14-2-5-16(6-3-14)28(25,26)27/h2-7,10-12H,8-9H2,1H3,(H2,25,26,27). The number of nitrogens with two attached hydrogens (primary N) is 1. The first-order chi connectivity index (χ1) is 13.0. The van der Waals surface area contributed by atoms with Crippen molar-refractivity contribution in [1.29, 1.82) is 0 Å². The van der Waals surface area contributed by atoms with Gasteiger partial charge in [-0.15, -0.1) is 0 Å². The van der Waals surface area contributed by atoms with E-state index in [1.54, 1.807) is 18.2 Å². The van der Waals surface area contributed by atoms with Gasteiger partial charge < -0.3 is 0 Å². The number of allylic oxidation sites excluding steroid dienone is 4. The van der Waals surface area contributed by atoms with E-state index in [0.717, 1.165) is 41.2 Å². The molecule has 2 N–H and O–H groups in total. The first-order valence-electron chi connectivity index (χ1n) is 8.76. The van der Waals surface area contributed by atoms with Gasteiger partial charge in [-0.05, 0) is 65.8 Å². The van der Waals surface area contributed by atoms with Crippen LogP contribution in [0.25, 0.3) is 11.1 Å². The minimum absolute atomic E-state index is 0.0203. The number of benzene rings is 2. The number of hydrogen-bond donors (Lipinski definition) is 1. The lowest BCUT2D eigenvalue weighted by atomic mass is 9.93. The highest BCUT2D eigenvalue weighted by Gasteiger charge is 2.43. The fraction of sp³-hybridized carbons (Fsp3) is 0.238. The van der Waals surface area contributed by atoms with Crippen molar-refractivity contribution >= 4 is 21.2 Å². The molecule has 146 valence electrons. The number of rotatable bonds is 3. The summed E-state index contributed by atoms with van der Waals surface area (Å²) in [5.74, 6) is 0. The molecule has 2 aliphatic rings. The molecule has 4 rings (SSSR count). The molecule has 28 heavy (non-hydrogen) atoms. The molecule has 0 radical (unpaired) electrons. The fourth-order valence-corrected chi connectivity index (χ4v) is 4.17. The van der Waals surface area contributed by atoms with Gasteiger partial charge in [0.1, 0.15) is 0 Å². The Bertz CT molecular complexity index is 1120. The first-order valence-corrected chi connectivity index (χ1v) is 10.3. The quantitative estimate of drug-likeness (QED) is 0.788. The highest BCUT2D eigenvalue weighted by molar-refractivity contribution is 7.89. The zero-order valence-corrected chi connectivity index (χ0v) is 15.9. The van der Waals surface area contributed by atoms with Gasteiger partial charge in [0.25, 0.3) is 0 Å². The molecule has 0 amide bonds. The molecular formula is C21H18F3NO2S. The molecule has 0 heterocycles. The summed E-state index contributed by atoms with van der Waals surface area (Å²) in [6, 6.07) is 10.4. The van der Waals surface area contributed by atoms with Crippen LogP contribution < -0.4 is 5.14 Å². The maximum absolute atomic E-state index is 13.1. The van der Waals surface area contributed by atoms with Gasteiger partial charge in [0.05, 0.1) is 10.5 Å². The Morgan fingerprint density at radius 2 is 1.46 bits per heavy atom. The van der Waals surface area contributed by atoms with Gasteiger partial charge in [-0.2, -0.15) is 13.2 Å². The van der Waals surface area contributed by atoms with Crippen molar-refractivity contribution in [3.63, 3.8) is 0 Å². The average Bonchev–Trinajstić information content (AvgIpc) is 3.23. The zero-order valence-electron chi connectivity index (χ0n) is 15.0. The van der Waals surface area contributed by atoms with Crippen LogP contribution in [0.15, 0.2) is 59.5 Å². The molecule has 1 saturated carbocycles. The van der Waals surface area contributed by atoms with Gasteiger partial charge in [0.15, 0.2) is 0 Å². The van der Waals surface area contributed by atoms with Crippen LogP contribution in [0.3, 0.4) is 0 Å². The van der Waals surface area contributed by atoms with Crippen LogP contribution in [0.4, 0.5) is 13.2 Å². The Balaban J connectivity index is 1.75. The molecule has 0 saturated heterocycles. The van der Waals surface area contributed by atoms with Gasteiger partial charge >= 0.3 is 6.18 Å². The van der Waals surface area contributed by atoms with Gasteiger partial charge in [-0.1, -0.05) is 36.4 Å². The summed E-state index contributed by atoms with van der Waals surface area (Å²) in [6.45, 7) is 1.46. The van der Waals surface area contributed by atoms with Crippen molar-refractivity contribution in [3.05, 3.63) is 76.9 Å². The smallest absolute Gasteiger partial charge is 0.225 e. The van der Waals surface area contributed by atoms with E-state index >= 15 is 0 Å². The molecule has 3 nitrogen and oxygen atoms in total. The molecule has 0 aromatic heterocycles. The topological polar surface area (TPSA) is 60.2 Å². The normalized spacial score (nSPS) is 18.2. The van der Waals surface area contributed by atoms with Crippen LogP contribution in [0.1, 0.15) is 35.1 Å². The molecule has 0 unspecified atom stereocenters. The summed E-state index contributed by atoms with van der Waals surface area (Å²) >= 11 is 0. The Hall–Kier alpha value is -2.38. The molecule has 1 fully saturated rings. The molecule has 0 bridgehead atoms. The van der Waals surface area contributed by atoms with E-state index in [1.165, 1.54) is 25.1 Å². The highest BCUT2D eigenvalue weighted by atomic mass is 32.2. The number of aryl methyl sites for hydroxylation is 1. The third-order valence-corrected chi connectivity index (χ3v) is 6.25. The monoisotopic (exact) mass is 405 g/mol. The SMILES string of the molecule is Cc1cc(C2=CC3(C=C2c2ccc(S(N)(=O)=O)cc2)CC3)ccc1C(F)(F)F. The predicted molar refractivity (Wildman–Crippen MR) is 102 cm³/mol. The third-order valence-electron chi connectivity index (χ3n) is 5.32. The number of halogens is 3. The van der Waals surface area contributed by atoms with Crippen LogP contribution in [0, 0.1) is 12.3 Å². The van der Waals surface area contributed by atoms with E-state index in [0.29, 0.717) is 0 Å². The van der Waals surface area contributed by atoms with Crippen molar-refractivity contribution < 1.29 is 21.6 Å². The Morgan fingerprint density at radius 1 is 0.929 bits per heavy atom. The van der Waals surface area contributed by atoms with Crippen LogP contribution in [-0.4, -0.2) is 8.42 Å². The summed E-state index contributed by atoms with van der Waals surface area (Å²) < 4.78 is 62.2. The van der Waals surface area contributed by atoms with Gasteiger partial charge in [0, 0.05) is 5.41 Å². The van der Waals surface area contributed by atoms with Gasteiger partial charge in [-0.3, -0.25) is 0 Å². The largest absolute Gasteiger partial charge is 0.416 e. The van der Waals surface area contributed by atoms with Crippen LogP contribution >= 0.6 is 0 Å². The van der Waals surface area contributed by atoms with Crippen LogP contribution in [-0.2, 0) is 16.2 Å². The Morgan fingerprint density at radius 3 is 1.93 bits per heavy atom. The predicted octanol–water partition coefficient (Wildman–Crippen LogP) is 4.92. The second-order valence-electron chi connectivity index (χ2n) is 7.45. The van der Waals surface area contributed by atoms with Crippen molar-refractivity contribution in [2.45, 2.75) is 30.8 Å². The van der Waals surface area contributed by atoms with E-state index in [1.807, 2.05) is 0 Å². The maximum atomic E-state index is 13.1. The summed E-state index contributed by atoms with van der Waals surface area (Å²) in [7, 11) is -3.78. The molecule has 2 aliphatic carbocycles. The number of primary sulfonamides is 1. The van der Waals surface area contributed by atoms with Crippen molar-refractivity contribution in [1.82, 2.24) is 0 Å². The summed E-state index contributed by atoms with van der Waals surface area (Å²) in [5.41, 5.74) is 2.79. The van der Waals surface area contributed by atoms with E-state index in [-0.39, 0.29) is 15.9 Å². The zero-order chi connectivity index (χ0) is 20.3. The van der Waals surface area contributed by atoms with Crippen LogP contribution in [0.5, 0.6) is 0 Å². The number of sulfonamides is 1. The van der Waals surface area contributed by atoms with E-state index in [9.17, 15) is 21.6 Å². The fourth-order valence-electron chi connectivity index (χ4n) is 3.66. The summed E-state index contributed by atoms with van der Waals surface area (Å²) in [4.78, 5) is 0.0203. The molecule has 2 aromatic rings. The van der Waals surface area contributed by atoms with Gasteiger partial charge in [0.2, 0.25) is 10.0 Å². The highest BCUT2D eigenvalue weighted by Crippen LogP contribution is 2.57. The number of hydrogen-bond acceptors (Lipinski definition) is 2. The molecule has 2 aromatic carbocycles. The van der Waals surface area contributed by atoms with E-state index in [4.69, 9.17) is 5.14 Å². The Kier molecular flexibility index (Phi) is 4.10. The Labute approximate surface area is 161 Å². The van der Waals surface area contributed by atoms with E-state index < -0.39 is 21.8 Å². The van der Waals surface area contributed by atoms with Gasteiger partial charge in [-0.25, -0.2) is 13.6 Å². The lowest BCUT2D eigenvalue weighted by Crippen LogP contribution is -2.11.